The molecule has 4 atom stereocenters. The molecule has 290 valence electrons. The van der Waals surface area contributed by atoms with Gasteiger partial charge in [-0.05, 0) is 106 Å². The predicted octanol–water partition coefficient (Wildman–Crippen LogP) is 5.72. The summed E-state index contributed by atoms with van der Waals surface area (Å²) in [6.45, 7) is 11.1. The van der Waals surface area contributed by atoms with Gasteiger partial charge in [-0.3, -0.25) is 19.3 Å². The number of rotatable bonds is 9. The lowest BCUT2D eigenvalue weighted by Gasteiger charge is -2.33. The molecule has 0 spiro atoms. The standard InChI is InChI=1S/C43H52N4O7Si/c1-28(46(5)42(53)54-43(2,3)4)38(48)45-36(25-31-19-17-29(18-20-31)15-16-30-21-23-33(24-22-30)41(51)52)40(50)47-27-55(6,7)26-37(47)39(49)44-35-14-10-12-32-11-8-9-13-34(32)35/h8-9,11,13,17-24,28,35-37H,10,12,14,25-27H2,1-7H3,(H,44,49)(H,45,48)(H,51,52). The highest BCUT2D eigenvalue weighted by atomic mass is 28.3. The van der Waals surface area contributed by atoms with Crippen molar-refractivity contribution in [1.29, 1.82) is 0 Å². The van der Waals surface area contributed by atoms with Crippen molar-refractivity contribution < 1.29 is 33.8 Å². The minimum atomic E-state index is -2.02. The zero-order chi connectivity index (χ0) is 40.1. The van der Waals surface area contributed by atoms with E-state index in [1.807, 2.05) is 36.4 Å². The minimum absolute atomic E-state index is 0.134. The second-order valence-electron chi connectivity index (χ2n) is 16.4. The molecule has 55 heavy (non-hydrogen) atoms. The molecule has 1 aliphatic heterocycles. The highest BCUT2D eigenvalue weighted by molar-refractivity contribution is 6.79. The van der Waals surface area contributed by atoms with Crippen LogP contribution in [0.5, 0.6) is 0 Å². The Labute approximate surface area is 324 Å². The van der Waals surface area contributed by atoms with Gasteiger partial charge in [-0.15, -0.1) is 0 Å². The molecule has 2 aliphatic rings. The molecule has 4 amide bonds. The minimum Gasteiger partial charge on any atom is -0.478 e. The molecule has 1 fully saturated rings. The highest BCUT2D eigenvalue weighted by Crippen LogP contribution is 2.32. The summed E-state index contributed by atoms with van der Waals surface area (Å²) >= 11 is 0. The van der Waals surface area contributed by atoms with Gasteiger partial charge in [-0.2, -0.15) is 0 Å². The van der Waals surface area contributed by atoms with E-state index < -0.39 is 49.8 Å². The van der Waals surface area contributed by atoms with E-state index in [4.69, 9.17) is 9.84 Å². The van der Waals surface area contributed by atoms with E-state index >= 15 is 0 Å². The van der Waals surface area contributed by atoms with E-state index in [-0.39, 0.29) is 29.8 Å². The summed E-state index contributed by atoms with van der Waals surface area (Å²) < 4.78 is 5.48. The second kappa shape index (κ2) is 16.9. The van der Waals surface area contributed by atoms with Crippen molar-refractivity contribution in [3.8, 4) is 11.8 Å². The number of carboxylic acids is 1. The monoisotopic (exact) mass is 764 g/mol. The molecular weight excluding hydrogens is 713 g/mol. The summed E-state index contributed by atoms with van der Waals surface area (Å²) in [6, 6.07) is 19.6. The third-order valence-corrected chi connectivity index (χ3v) is 12.8. The number of benzene rings is 3. The Morgan fingerprint density at radius 1 is 0.964 bits per heavy atom. The lowest BCUT2D eigenvalue weighted by atomic mass is 9.87. The smallest absolute Gasteiger partial charge is 0.410 e. The van der Waals surface area contributed by atoms with Crippen molar-refractivity contribution in [2.45, 2.75) is 102 Å². The molecule has 0 saturated carbocycles. The van der Waals surface area contributed by atoms with Gasteiger partial charge in [0, 0.05) is 30.8 Å². The lowest BCUT2D eigenvalue weighted by Crippen LogP contribution is -2.57. The zero-order valence-corrected chi connectivity index (χ0v) is 33.8. The predicted molar refractivity (Wildman–Crippen MR) is 213 cm³/mol. The van der Waals surface area contributed by atoms with E-state index in [1.54, 1.807) is 44.7 Å². The Morgan fingerprint density at radius 2 is 1.58 bits per heavy atom. The number of hydrogen-bond acceptors (Lipinski definition) is 6. The number of nitrogens with one attached hydrogen (secondary N) is 2. The van der Waals surface area contributed by atoms with Crippen LogP contribution in [-0.2, 0) is 32.0 Å². The quantitative estimate of drug-likeness (QED) is 0.187. The number of nitrogens with zero attached hydrogens (tertiary/aromatic N) is 2. The third-order valence-electron chi connectivity index (χ3n) is 10.1. The molecule has 1 heterocycles. The van der Waals surface area contributed by atoms with Crippen LogP contribution in [0.1, 0.15) is 84.8 Å². The number of carbonyl (C=O) groups is 5. The van der Waals surface area contributed by atoms with Crippen molar-refractivity contribution in [2.75, 3.05) is 13.2 Å². The summed E-state index contributed by atoms with van der Waals surface area (Å²) in [4.78, 5) is 69.4. The molecule has 5 rings (SSSR count). The van der Waals surface area contributed by atoms with Gasteiger partial charge in [0.05, 0.1) is 19.7 Å². The van der Waals surface area contributed by atoms with Crippen molar-refractivity contribution in [3.63, 3.8) is 0 Å². The molecule has 0 radical (unpaired) electrons. The van der Waals surface area contributed by atoms with Crippen LogP contribution in [0, 0.1) is 11.8 Å². The Morgan fingerprint density at radius 3 is 2.20 bits per heavy atom. The first kappa shape index (κ1) is 40.8. The Kier molecular flexibility index (Phi) is 12.6. The van der Waals surface area contributed by atoms with Crippen LogP contribution in [0.2, 0.25) is 19.1 Å². The fourth-order valence-electron chi connectivity index (χ4n) is 7.07. The highest BCUT2D eigenvalue weighted by Gasteiger charge is 2.47. The molecular formula is C43H52N4O7Si. The van der Waals surface area contributed by atoms with Gasteiger partial charge >= 0.3 is 12.1 Å². The van der Waals surface area contributed by atoms with Crippen molar-refractivity contribution >= 4 is 37.9 Å². The SMILES string of the molecule is CC(C(=O)NC(Cc1ccc(C#Cc2ccc(C(=O)O)cc2)cc1)C(=O)N1C[Si](C)(C)CC1C(=O)NC1CCCc2ccccc21)N(C)C(=O)OC(C)(C)C. The second-order valence-corrected chi connectivity index (χ2v) is 21.4. The van der Waals surface area contributed by atoms with Crippen LogP contribution >= 0.6 is 0 Å². The topological polar surface area (TPSA) is 145 Å². The molecule has 12 heteroatoms. The molecule has 1 saturated heterocycles. The Hall–Kier alpha value is -5.41. The maximum Gasteiger partial charge on any atom is 0.410 e. The van der Waals surface area contributed by atoms with Crippen LogP contribution in [-0.4, -0.2) is 89.7 Å². The number of fused-ring (bicyclic) bond motifs is 1. The maximum absolute atomic E-state index is 14.7. The summed E-state index contributed by atoms with van der Waals surface area (Å²) in [6.07, 6.45) is 2.69. The van der Waals surface area contributed by atoms with Gasteiger partial charge in [0.25, 0.3) is 0 Å². The molecule has 0 aromatic heterocycles. The zero-order valence-electron chi connectivity index (χ0n) is 32.8. The average Bonchev–Trinajstić information content (AvgIpc) is 3.48. The number of hydrogen-bond donors (Lipinski definition) is 3. The number of carbonyl (C=O) groups excluding carboxylic acids is 4. The molecule has 11 nitrogen and oxygen atoms in total. The molecule has 1 aliphatic carbocycles. The fourth-order valence-corrected chi connectivity index (χ4v) is 9.95. The number of amides is 4. The van der Waals surface area contributed by atoms with Gasteiger partial charge in [0.1, 0.15) is 23.7 Å². The number of aryl methyl sites for hydroxylation is 1. The van der Waals surface area contributed by atoms with E-state index in [9.17, 15) is 24.0 Å². The van der Waals surface area contributed by atoms with Gasteiger partial charge in [0.2, 0.25) is 17.7 Å². The van der Waals surface area contributed by atoms with Crippen molar-refractivity contribution in [1.82, 2.24) is 20.4 Å². The number of carboxylic acid groups (broad SMARTS) is 1. The Balaban J connectivity index is 1.38. The van der Waals surface area contributed by atoms with Crippen molar-refractivity contribution in [3.05, 3.63) is 106 Å². The first-order valence-corrected chi connectivity index (χ1v) is 22.2. The average molecular weight is 765 g/mol. The van der Waals surface area contributed by atoms with Crippen LogP contribution in [0.25, 0.3) is 0 Å². The molecule has 3 aromatic rings. The normalized spacial score (nSPS) is 18.4. The van der Waals surface area contributed by atoms with Crippen molar-refractivity contribution in [2.24, 2.45) is 0 Å². The summed E-state index contributed by atoms with van der Waals surface area (Å²) in [7, 11) is -0.540. The Bertz CT molecular complexity index is 1980. The van der Waals surface area contributed by atoms with Crippen LogP contribution in [0.4, 0.5) is 4.79 Å². The van der Waals surface area contributed by atoms with E-state index in [1.165, 1.54) is 29.6 Å². The van der Waals surface area contributed by atoms with Crippen LogP contribution in [0.15, 0.2) is 72.8 Å². The molecule has 3 aromatic carbocycles. The number of likely N-dealkylation sites (N-methyl/N-ethyl adjacent to an activating group) is 1. The molecule has 0 bridgehead atoms. The largest absolute Gasteiger partial charge is 0.478 e. The molecule has 4 unspecified atom stereocenters. The summed E-state index contributed by atoms with van der Waals surface area (Å²) in [5.41, 5.74) is 3.90. The first-order valence-electron chi connectivity index (χ1n) is 18.8. The summed E-state index contributed by atoms with van der Waals surface area (Å²) in [5, 5.41) is 15.4. The number of ether oxygens (including phenoxy) is 1. The van der Waals surface area contributed by atoms with E-state index in [2.05, 4.69) is 47.7 Å². The van der Waals surface area contributed by atoms with E-state index in [0.29, 0.717) is 23.3 Å². The lowest BCUT2D eigenvalue weighted by molar-refractivity contribution is -0.141. The van der Waals surface area contributed by atoms with Gasteiger partial charge in [0.15, 0.2) is 0 Å². The van der Waals surface area contributed by atoms with Gasteiger partial charge < -0.3 is 25.4 Å². The van der Waals surface area contributed by atoms with Crippen LogP contribution < -0.4 is 10.6 Å². The van der Waals surface area contributed by atoms with Crippen LogP contribution in [0.3, 0.4) is 0 Å². The number of aromatic carboxylic acids is 1. The van der Waals surface area contributed by atoms with Gasteiger partial charge in [-0.1, -0.05) is 61.3 Å². The summed E-state index contributed by atoms with van der Waals surface area (Å²) in [5.74, 6) is 4.04. The van der Waals surface area contributed by atoms with Gasteiger partial charge in [-0.25, -0.2) is 9.59 Å². The van der Waals surface area contributed by atoms with E-state index in [0.717, 1.165) is 30.4 Å². The molecule has 3 N–H and O–H groups in total. The third kappa shape index (κ3) is 10.6. The fraction of sp³-hybridized carbons (Fsp3) is 0.419. The first-order chi connectivity index (χ1) is 25.9. The maximum atomic E-state index is 14.7.